The first kappa shape index (κ1) is 13.9. The van der Waals surface area contributed by atoms with Crippen LogP contribution in [-0.4, -0.2) is 61.0 Å². The molecule has 0 aromatic rings. The van der Waals surface area contributed by atoms with Crippen LogP contribution in [-0.2, 0) is 4.79 Å². The third kappa shape index (κ3) is 4.71. The summed E-state index contributed by atoms with van der Waals surface area (Å²) in [5.74, 6) is 0.152. The summed E-state index contributed by atoms with van der Waals surface area (Å²) in [6.07, 6.45) is 3.50. The maximum atomic E-state index is 12.1. The second-order valence-corrected chi connectivity index (χ2v) is 4.47. The van der Waals surface area contributed by atoms with Crippen molar-refractivity contribution in [2.24, 2.45) is 0 Å². The largest absolute Gasteiger partial charge is 0.334 e. The zero-order valence-corrected chi connectivity index (χ0v) is 10.7. The molecular weight excluding hydrogens is 214 g/mol. The van der Waals surface area contributed by atoms with Crippen molar-refractivity contribution in [1.82, 2.24) is 15.1 Å². The highest BCUT2D eigenvalue weighted by Gasteiger charge is 2.20. The molecule has 4 nitrogen and oxygen atoms in total. The Morgan fingerprint density at radius 1 is 1.47 bits per heavy atom. The molecule has 17 heavy (non-hydrogen) atoms. The molecule has 0 bridgehead atoms. The second-order valence-electron chi connectivity index (χ2n) is 4.47. The van der Waals surface area contributed by atoms with Crippen molar-refractivity contribution in [2.75, 3.05) is 39.3 Å². The van der Waals surface area contributed by atoms with Gasteiger partial charge in [-0.1, -0.05) is 12.2 Å². The topological polar surface area (TPSA) is 35.6 Å². The monoisotopic (exact) mass is 237 g/mol. The number of nitrogens with one attached hydrogen (secondary N) is 1. The number of amides is 1. The van der Waals surface area contributed by atoms with Gasteiger partial charge >= 0.3 is 0 Å². The zero-order valence-electron chi connectivity index (χ0n) is 10.7. The Balaban J connectivity index is 2.44. The molecule has 1 amide bonds. The lowest BCUT2D eigenvalue weighted by atomic mass is 10.2. The molecule has 1 atom stereocenters. The summed E-state index contributed by atoms with van der Waals surface area (Å²) in [6, 6.07) is 0.462. The lowest BCUT2D eigenvalue weighted by molar-refractivity contribution is -0.131. The Bertz CT molecular complexity index is 268. The summed E-state index contributed by atoms with van der Waals surface area (Å²) in [4.78, 5) is 16.0. The van der Waals surface area contributed by atoms with Gasteiger partial charge in [-0.25, -0.2) is 0 Å². The summed E-state index contributed by atoms with van der Waals surface area (Å²) in [5.41, 5.74) is 0. The third-order valence-corrected chi connectivity index (χ3v) is 2.86. The predicted molar refractivity (Wildman–Crippen MR) is 70.9 cm³/mol. The van der Waals surface area contributed by atoms with Gasteiger partial charge in [-0.15, -0.1) is 13.2 Å². The molecule has 0 radical (unpaired) electrons. The molecule has 1 aliphatic heterocycles. The van der Waals surface area contributed by atoms with Crippen molar-refractivity contribution >= 4 is 5.91 Å². The van der Waals surface area contributed by atoms with E-state index in [-0.39, 0.29) is 5.91 Å². The minimum Gasteiger partial charge on any atom is -0.334 e. The second kappa shape index (κ2) is 7.25. The Kier molecular flexibility index (Phi) is 5.94. The average Bonchev–Trinajstić information content (AvgIpc) is 2.28. The van der Waals surface area contributed by atoms with Gasteiger partial charge in [0.05, 0.1) is 6.54 Å². The molecule has 0 spiro atoms. The van der Waals surface area contributed by atoms with E-state index in [1.807, 2.05) is 0 Å². The summed E-state index contributed by atoms with van der Waals surface area (Å²) in [7, 11) is 0. The van der Waals surface area contributed by atoms with Crippen molar-refractivity contribution in [1.29, 1.82) is 0 Å². The molecule has 96 valence electrons. The Morgan fingerprint density at radius 2 is 2.12 bits per heavy atom. The van der Waals surface area contributed by atoms with Gasteiger partial charge < -0.3 is 10.2 Å². The molecular formula is C13H23N3O. The summed E-state index contributed by atoms with van der Waals surface area (Å²) < 4.78 is 0. The van der Waals surface area contributed by atoms with Crippen molar-refractivity contribution in [3.05, 3.63) is 25.3 Å². The van der Waals surface area contributed by atoms with Gasteiger partial charge in [0.1, 0.15) is 0 Å². The van der Waals surface area contributed by atoms with E-state index in [0.29, 0.717) is 25.7 Å². The average molecular weight is 237 g/mol. The number of carbonyl (C=O) groups is 1. The molecule has 0 aromatic carbocycles. The van der Waals surface area contributed by atoms with E-state index < -0.39 is 0 Å². The smallest absolute Gasteiger partial charge is 0.237 e. The molecule has 1 N–H and O–H groups in total. The van der Waals surface area contributed by atoms with Gasteiger partial charge in [-0.3, -0.25) is 9.69 Å². The summed E-state index contributed by atoms with van der Waals surface area (Å²) >= 11 is 0. The van der Waals surface area contributed by atoms with Crippen LogP contribution in [0.3, 0.4) is 0 Å². The molecule has 1 saturated heterocycles. The van der Waals surface area contributed by atoms with Gasteiger partial charge in [0.25, 0.3) is 0 Å². The lowest BCUT2D eigenvalue weighted by Crippen LogP contribution is -2.52. The fourth-order valence-electron chi connectivity index (χ4n) is 2.04. The molecule has 1 aliphatic rings. The normalized spacial score (nSPS) is 20.9. The first-order chi connectivity index (χ1) is 8.17. The van der Waals surface area contributed by atoms with E-state index in [1.165, 1.54) is 0 Å². The van der Waals surface area contributed by atoms with E-state index in [4.69, 9.17) is 0 Å². The highest BCUT2D eigenvalue weighted by atomic mass is 16.2. The molecule has 0 aliphatic carbocycles. The minimum absolute atomic E-state index is 0.152. The number of hydrogen-bond acceptors (Lipinski definition) is 3. The van der Waals surface area contributed by atoms with Crippen LogP contribution >= 0.6 is 0 Å². The van der Waals surface area contributed by atoms with Crippen LogP contribution in [0.15, 0.2) is 25.3 Å². The number of carbonyl (C=O) groups excluding carboxylic acids is 1. The van der Waals surface area contributed by atoms with Crippen molar-refractivity contribution < 1.29 is 4.79 Å². The van der Waals surface area contributed by atoms with Crippen molar-refractivity contribution in [3.8, 4) is 0 Å². The quantitative estimate of drug-likeness (QED) is 0.683. The van der Waals surface area contributed by atoms with Crippen LogP contribution in [0, 0.1) is 0 Å². The van der Waals surface area contributed by atoms with E-state index in [0.717, 1.165) is 19.6 Å². The molecule has 0 saturated carbocycles. The molecule has 0 aromatic heterocycles. The van der Waals surface area contributed by atoms with Crippen LogP contribution < -0.4 is 5.32 Å². The van der Waals surface area contributed by atoms with Crippen LogP contribution in [0.1, 0.15) is 6.92 Å². The van der Waals surface area contributed by atoms with E-state index in [9.17, 15) is 4.79 Å². The Hall–Kier alpha value is -1.13. The number of piperazine rings is 1. The van der Waals surface area contributed by atoms with E-state index >= 15 is 0 Å². The number of rotatable bonds is 6. The van der Waals surface area contributed by atoms with Gasteiger partial charge in [0.15, 0.2) is 0 Å². The lowest BCUT2D eigenvalue weighted by Gasteiger charge is -2.32. The van der Waals surface area contributed by atoms with Gasteiger partial charge in [0, 0.05) is 38.8 Å². The predicted octanol–water partition coefficient (Wildman–Crippen LogP) is 0.481. The van der Waals surface area contributed by atoms with Crippen LogP contribution in [0.5, 0.6) is 0 Å². The third-order valence-electron chi connectivity index (χ3n) is 2.86. The standard InChI is InChI=1S/C13H23N3O/c1-4-7-16(8-5-2)13(17)11-15-9-6-14-12(3)10-15/h4-5,12,14H,1-2,6-11H2,3H3. The highest BCUT2D eigenvalue weighted by molar-refractivity contribution is 5.78. The number of hydrogen-bond donors (Lipinski definition) is 1. The summed E-state index contributed by atoms with van der Waals surface area (Å²) in [5, 5.41) is 3.37. The maximum Gasteiger partial charge on any atom is 0.237 e. The van der Waals surface area contributed by atoms with Crippen molar-refractivity contribution in [2.45, 2.75) is 13.0 Å². The first-order valence-electron chi connectivity index (χ1n) is 6.12. The minimum atomic E-state index is 0.152. The zero-order chi connectivity index (χ0) is 12.7. The van der Waals surface area contributed by atoms with Gasteiger partial charge in [-0.05, 0) is 6.92 Å². The van der Waals surface area contributed by atoms with Crippen molar-refractivity contribution in [3.63, 3.8) is 0 Å². The molecule has 1 rings (SSSR count). The fourth-order valence-corrected chi connectivity index (χ4v) is 2.04. The Morgan fingerprint density at radius 3 is 2.65 bits per heavy atom. The molecule has 1 heterocycles. The molecule has 4 heteroatoms. The highest BCUT2D eigenvalue weighted by Crippen LogP contribution is 2.00. The molecule has 1 fully saturated rings. The SMILES string of the molecule is C=CCN(CC=C)C(=O)CN1CCNC(C)C1. The fraction of sp³-hybridized carbons (Fsp3) is 0.615. The van der Waals surface area contributed by atoms with Crippen LogP contribution in [0.2, 0.25) is 0 Å². The summed E-state index contributed by atoms with van der Waals surface area (Å²) in [6.45, 7) is 14.0. The van der Waals surface area contributed by atoms with Crippen LogP contribution in [0.4, 0.5) is 0 Å². The maximum absolute atomic E-state index is 12.1. The molecule has 1 unspecified atom stereocenters. The van der Waals surface area contributed by atoms with Gasteiger partial charge in [0.2, 0.25) is 5.91 Å². The number of nitrogens with zero attached hydrogens (tertiary/aromatic N) is 2. The van der Waals surface area contributed by atoms with E-state index in [2.05, 4.69) is 30.3 Å². The Labute approximate surface area is 104 Å². The van der Waals surface area contributed by atoms with Gasteiger partial charge in [-0.2, -0.15) is 0 Å². The van der Waals surface area contributed by atoms with Crippen LogP contribution in [0.25, 0.3) is 0 Å². The van der Waals surface area contributed by atoms with E-state index in [1.54, 1.807) is 17.1 Å². The first-order valence-corrected chi connectivity index (χ1v) is 6.12.